The molecule has 1 aliphatic carbocycles. The van der Waals surface area contributed by atoms with Crippen LogP contribution in [0.3, 0.4) is 0 Å². The van der Waals surface area contributed by atoms with Crippen LogP contribution in [0.15, 0.2) is 36.5 Å². The lowest BCUT2D eigenvalue weighted by atomic mass is 9.76. The number of H-pyrrole nitrogens is 1. The Morgan fingerprint density at radius 1 is 1.12 bits per heavy atom. The minimum Gasteiger partial charge on any atom is -0.340 e. The Hall–Kier alpha value is -4.21. The average molecular weight is 543 g/mol. The Kier molecular flexibility index (Phi) is 5.97. The van der Waals surface area contributed by atoms with Crippen molar-refractivity contribution in [2.24, 2.45) is 5.41 Å². The van der Waals surface area contributed by atoms with Crippen LogP contribution in [0.4, 0.5) is 4.79 Å². The number of aromatic nitrogens is 2. The first-order valence-electron chi connectivity index (χ1n) is 13.7. The first-order valence-corrected chi connectivity index (χ1v) is 13.7. The van der Waals surface area contributed by atoms with E-state index in [2.05, 4.69) is 41.6 Å². The summed E-state index contributed by atoms with van der Waals surface area (Å²) < 4.78 is 0. The molecule has 3 N–H and O–H groups in total. The average Bonchev–Trinajstić information content (AvgIpc) is 3.43. The Labute approximate surface area is 232 Å². The molecule has 3 aromatic rings. The first kappa shape index (κ1) is 26.0. The van der Waals surface area contributed by atoms with Gasteiger partial charge in [-0.05, 0) is 58.7 Å². The summed E-state index contributed by atoms with van der Waals surface area (Å²) in [5.74, 6) is -0.681. The number of amides is 5. The second-order valence-electron chi connectivity index (χ2n) is 12.5. The molecule has 1 saturated heterocycles. The molecule has 5 amide bonds. The lowest BCUT2D eigenvalue weighted by Gasteiger charge is -2.37. The van der Waals surface area contributed by atoms with Crippen molar-refractivity contribution in [3.8, 4) is 0 Å². The lowest BCUT2D eigenvalue weighted by Crippen LogP contribution is -2.52. The fourth-order valence-corrected chi connectivity index (χ4v) is 6.40. The van der Waals surface area contributed by atoms with Crippen LogP contribution >= 0.6 is 0 Å². The van der Waals surface area contributed by atoms with Crippen LogP contribution in [-0.2, 0) is 35.4 Å². The van der Waals surface area contributed by atoms with Gasteiger partial charge in [0.25, 0.3) is 11.8 Å². The molecular weight excluding hydrogens is 508 g/mol. The molecule has 2 unspecified atom stereocenters. The first-order chi connectivity index (χ1) is 18.9. The minimum absolute atomic E-state index is 0.101. The van der Waals surface area contributed by atoms with E-state index in [1.54, 1.807) is 19.3 Å². The van der Waals surface area contributed by atoms with Gasteiger partial charge >= 0.3 is 6.03 Å². The molecule has 2 atom stereocenters. The number of hydrogen-bond donors (Lipinski definition) is 3. The molecule has 0 radical (unpaired) electrons. The van der Waals surface area contributed by atoms with Crippen molar-refractivity contribution in [1.29, 1.82) is 0 Å². The van der Waals surface area contributed by atoms with Crippen LogP contribution in [0.1, 0.15) is 59.8 Å². The van der Waals surface area contributed by atoms with Gasteiger partial charge < -0.3 is 15.1 Å². The van der Waals surface area contributed by atoms with Gasteiger partial charge in [0.2, 0.25) is 5.91 Å². The Bertz CT molecular complexity index is 1570. The van der Waals surface area contributed by atoms with E-state index >= 15 is 0 Å². The number of rotatable bonds is 3. The van der Waals surface area contributed by atoms with E-state index in [9.17, 15) is 19.2 Å². The zero-order valence-corrected chi connectivity index (χ0v) is 23.3. The van der Waals surface area contributed by atoms with Gasteiger partial charge in [-0.1, -0.05) is 32.9 Å². The van der Waals surface area contributed by atoms with E-state index in [4.69, 9.17) is 0 Å². The molecule has 208 valence electrons. The molecule has 6 rings (SSSR count). The summed E-state index contributed by atoms with van der Waals surface area (Å²) >= 11 is 0. The number of carbonyl (C=O) groups is 4. The van der Waals surface area contributed by atoms with Crippen LogP contribution in [0, 0.1) is 5.41 Å². The number of likely N-dealkylation sites (N-methyl/N-ethyl adjacent to an activating group) is 1. The summed E-state index contributed by atoms with van der Waals surface area (Å²) in [5.41, 5.74) is 4.39. The zero-order chi connectivity index (χ0) is 28.4. The van der Waals surface area contributed by atoms with Crippen LogP contribution in [0.5, 0.6) is 0 Å². The highest BCUT2D eigenvalue weighted by Crippen LogP contribution is 2.36. The molecule has 1 aromatic heterocycles. The molecule has 2 aromatic carbocycles. The number of benzene rings is 2. The van der Waals surface area contributed by atoms with Gasteiger partial charge in [-0.2, -0.15) is 5.10 Å². The number of aryl methyl sites for hydroxylation is 1. The highest BCUT2D eigenvalue weighted by molar-refractivity contribution is 6.07. The normalized spacial score (nSPS) is 22.8. The number of urea groups is 1. The van der Waals surface area contributed by atoms with Crippen LogP contribution in [0.2, 0.25) is 0 Å². The highest BCUT2D eigenvalue weighted by atomic mass is 16.2. The van der Waals surface area contributed by atoms with Gasteiger partial charge in [-0.15, -0.1) is 0 Å². The molecule has 1 spiro atoms. The van der Waals surface area contributed by atoms with Crippen molar-refractivity contribution < 1.29 is 19.2 Å². The lowest BCUT2D eigenvalue weighted by molar-refractivity contribution is -0.134. The summed E-state index contributed by atoms with van der Waals surface area (Å²) in [6.07, 6.45) is 3.65. The van der Waals surface area contributed by atoms with Gasteiger partial charge in [0.15, 0.2) is 0 Å². The molecule has 2 aliphatic heterocycles. The van der Waals surface area contributed by atoms with E-state index in [0.717, 1.165) is 33.2 Å². The second kappa shape index (κ2) is 9.18. The van der Waals surface area contributed by atoms with E-state index in [1.807, 2.05) is 29.2 Å². The molecule has 10 heteroatoms. The number of nitrogens with one attached hydrogen (secondary N) is 3. The fourth-order valence-electron chi connectivity index (χ4n) is 6.40. The van der Waals surface area contributed by atoms with Gasteiger partial charge in [0.1, 0.15) is 11.6 Å². The maximum Gasteiger partial charge on any atom is 0.324 e. The van der Waals surface area contributed by atoms with Crippen molar-refractivity contribution in [2.45, 2.75) is 64.6 Å². The van der Waals surface area contributed by atoms with Gasteiger partial charge in [0, 0.05) is 43.9 Å². The number of nitrogens with zero attached hydrogens (tertiary/aromatic N) is 3. The van der Waals surface area contributed by atoms with E-state index in [1.165, 1.54) is 4.90 Å². The summed E-state index contributed by atoms with van der Waals surface area (Å²) in [6.45, 7) is 7.30. The SMILES string of the molecule is CN1C(=O)NC(=O)C12CCc1cc(C(=O)NC3Cc4ccc5[nH]ncc5c4CN(CC(C)(C)C)C3=O)ccc1C2. The predicted molar refractivity (Wildman–Crippen MR) is 148 cm³/mol. The van der Waals surface area contributed by atoms with Crippen molar-refractivity contribution in [2.75, 3.05) is 13.6 Å². The van der Waals surface area contributed by atoms with E-state index < -0.39 is 11.6 Å². The fraction of sp³-hybridized carbons (Fsp3) is 0.433. The summed E-state index contributed by atoms with van der Waals surface area (Å²) in [7, 11) is 1.65. The maximum atomic E-state index is 13.8. The van der Waals surface area contributed by atoms with Crippen molar-refractivity contribution >= 4 is 34.7 Å². The Morgan fingerprint density at radius 2 is 1.90 bits per heavy atom. The Morgan fingerprint density at radius 3 is 2.62 bits per heavy atom. The van der Waals surface area contributed by atoms with E-state index in [0.29, 0.717) is 44.3 Å². The third-order valence-electron chi connectivity index (χ3n) is 8.54. The standard InChI is InChI=1S/C30H34N6O4/c1-29(2,3)16-36-15-22-18(7-8-23-21(22)14-31-34-23)12-24(26(36)38)32-25(37)19-5-6-20-13-30(10-9-17(20)11-19)27(39)33-28(40)35(30)4/h5-8,11,14,24H,9-10,12-13,15-16H2,1-4H3,(H,31,34)(H,32,37)(H,33,39,40). The van der Waals surface area contributed by atoms with E-state index in [-0.39, 0.29) is 29.2 Å². The van der Waals surface area contributed by atoms with Crippen LogP contribution < -0.4 is 10.6 Å². The topological polar surface area (TPSA) is 128 Å². The van der Waals surface area contributed by atoms with Crippen molar-refractivity contribution in [3.05, 3.63) is 64.3 Å². The number of hydrogen-bond acceptors (Lipinski definition) is 5. The minimum atomic E-state index is -0.884. The van der Waals surface area contributed by atoms with Crippen LogP contribution in [-0.4, -0.2) is 68.9 Å². The third kappa shape index (κ3) is 4.31. The van der Waals surface area contributed by atoms with Gasteiger partial charge in [0.05, 0.1) is 11.7 Å². The molecule has 1 fully saturated rings. The van der Waals surface area contributed by atoms with Crippen molar-refractivity contribution in [1.82, 2.24) is 30.6 Å². The molecular formula is C30H34N6O4. The molecule has 40 heavy (non-hydrogen) atoms. The quantitative estimate of drug-likeness (QED) is 0.439. The summed E-state index contributed by atoms with van der Waals surface area (Å²) in [5, 5.41) is 13.6. The smallest absolute Gasteiger partial charge is 0.324 e. The highest BCUT2D eigenvalue weighted by Gasteiger charge is 2.52. The number of carbonyl (C=O) groups excluding carboxylic acids is 4. The Balaban J connectivity index is 1.26. The summed E-state index contributed by atoms with van der Waals surface area (Å²) in [6, 6.07) is 8.34. The maximum absolute atomic E-state index is 13.8. The van der Waals surface area contributed by atoms with Crippen LogP contribution in [0.25, 0.3) is 10.9 Å². The van der Waals surface area contributed by atoms with Gasteiger partial charge in [-0.25, -0.2) is 4.79 Å². The van der Waals surface area contributed by atoms with Gasteiger partial charge in [-0.3, -0.25) is 24.8 Å². The van der Waals surface area contributed by atoms with Crippen molar-refractivity contribution in [3.63, 3.8) is 0 Å². The number of imide groups is 1. The number of fused-ring (bicyclic) bond motifs is 4. The third-order valence-corrected chi connectivity index (χ3v) is 8.54. The second-order valence-corrected chi connectivity index (χ2v) is 12.5. The largest absolute Gasteiger partial charge is 0.340 e. The summed E-state index contributed by atoms with van der Waals surface area (Å²) in [4.78, 5) is 55.4. The monoisotopic (exact) mass is 542 g/mol. The molecule has 0 bridgehead atoms. The number of aromatic amines is 1. The predicted octanol–water partition coefficient (Wildman–Crippen LogP) is 2.70. The molecule has 3 heterocycles. The molecule has 10 nitrogen and oxygen atoms in total. The molecule has 3 aliphatic rings. The zero-order valence-electron chi connectivity index (χ0n) is 23.3. The molecule has 0 saturated carbocycles.